The first-order valence-corrected chi connectivity index (χ1v) is 11.5. The number of ether oxygens (including phenoxy) is 1. The van der Waals surface area contributed by atoms with Gasteiger partial charge >= 0.3 is 0 Å². The van der Waals surface area contributed by atoms with Crippen LogP contribution < -0.4 is 10.1 Å². The molecule has 10 heteroatoms. The number of nitrogens with one attached hydrogen (secondary N) is 1. The van der Waals surface area contributed by atoms with Gasteiger partial charge < -0.3 is 19.0 Å². The molecule has 3 heterocycles. The summed E-state index contributed by atoms with van der Waals surface area (Å²) in [5.41, 5.74) is 0.469. The normalized spacial score (nSPS) is 14.6. The molecule has 0 radical (unpaired) electrons. The molecule has 164 valence electrons. The Morgan fingerprint density at radius 2 is 2.03 bits per heavy atom. The highest BCUT2D eigenvalue weighted by molar-refractivity contribution is 7.89. The van der Waals surface area contributed by atoms with Gasteiger partial charge in [0.2, 0.25) is 10.0 Å². The van der Waals surface area contributed by atoms with Crippen molar-refractivity contribution in [3.05, 3.63) is 60.6 Å². The van der Waals surface area contributed by atoms with Crippen LogP contribution in [0.3, 0.4) is 0 Å². The molecule has 0 unspecified atom stereocenters. The van der Waals surface area contributed by atoms with E-state index in [1.807, 2.05) is 10.8 Å². The molecule has 0 spiro atoms. The van der Waals surface area contributed by atoms with Crippen LogP contribution >= 0.6 is 0 Å². The van der Waals surface area contributed by atoms with Crippen LogP contribution in [0.1, 0.15) is 29.2 Å². The summed E-state index contributed by atoms with van der Waals surface area (Å²) in [6, 6.07) is 8.33. The van der Waals surface area contributed by atoms with Crippen molar-refractivity contribution in [1.29, 1.82) is 0 Å². The fraction of sp³-hybridized carbons (Fsp3) is 0.333. The van der Waals surface area contributed by atoms with Crippen molar-refractivity contribution in [3.8, 4) is 5.75 Å². The Balaban J connectivity index is 1.46. The summed E-state index contributed by atoms with van der Waals surface area (Å²) in [6.07, 6.45) is 6.90. The van der Waals surface area contributed by atoms with Crippen LogP contribution in [0, 0.1) is 6.92 Å². The van der Waals surface area contributed by atoms with E-state index in [0.717, 1.165) is 12.8 Å². The third-order valence-electron chi connectivity index (χ3n) is 5.08. The van der Waals surface area contributed by atoms with Crippen LogP contribution in [-0.2, 0) is 16.6 Å². The lowest BCUT2D eigenvalue weighted by Crippen LogP contribution is -2.28. The Morgan fingerprint density at radius 1 is 1.26 bits per heavy atom. The number of imidazole rings is 1. The number of benzene rings is 1. The fourth-order valence-corrected chi connectivity index (χ4v) is 5.14. The molecule has 9 nitrogen and oxygen atoms in total. The molecule has 2 aromatic heterocycles. The van der Waals surface area contributed by atoms with Crippen LogP contribution in [-0.4, -0.2) is 47.9 Å². The number of sulfonamides is 1. The van der Waals surface area contributed by atoms with E-state index in [9.17, 15) is 13.2 Å². The summed E-state index contributed by atoms with van der Waals surface area (Å²) in [5.74, 6) is 0.0891. The lowest BCUT2D eigenvalue weighted by atomic mass is 10.3. The van der Waals surface area contributed by atoms with Crippen LogP contribution in [0.5, 0.6) is 5.75 Å². The Kier molecular flexibility index (Phi) is 6.10. The quantitative estimate of drug-likeness (QED) is 0.573. The number of carbonyl (C=O) groups is 1. The molecule has 1 amide bonds. The predicted molar refractivity (Wildman–Crippen MR) is 114 cm³/mol. The smallest absolute Gasteiger partial charge is 0.291 e. The number of hydrogen-bond donors (Lipinski definition) is 1. The third kappa shape index (κ3) is 4.64. The molecule has 1 aliphatic rings. The third-order valence-corrected chi connectivity index (χ3v) is 7.09. The van der Waals surface area contributed by atoms with Crippen molar-refractivity contribution in [1.82, 2.24) is 13.9 Å². The Hall–Kier alpha value is -3.11. The number of aryl methyl sites for hydroxylation is 1. The number of para-hydroxylation sites is 2. The van der Waals surface area contributed by atoms with Crippen molar-refractivity contribution < 1.29 is 22.4 Å². The van der Waals surface area contributed by atoms with E-state index in [4.69, 9.17) is 9.15 Å². The number of rotatable bonds is 8. The second-order valence-electron chi connectivity index (χ2n) is 7.24. The molecule has 0 saturated carbocycles. The van der Waals surface area contributed by atoms with E-state index in [0.29, 0.717) is 37.7 Å². The second-order valence-corrected chi connectivity index (χ2v) is 9.15. The largest absolute Gasteiger partial charge is 0.490 e. The summed E-state index contributed by atoms with van der Waals surface area (Å²) >= 11 is 0. The first kappa shape index (κ1) is 21.1. The van der Waals surface area contributed by atoms with E-state index in [1.54, 1.807) is 43.7 Å². The lowest BCUT2D eigenvalue weighted by molar-refractivity contribution is 0.0995. The highest BCUT2D eigenvalue weighted by Gasteiger charge is 2.31. The maximum atomic E-state index is 12.8. The van der Waals surface area contributed by atoms with Gasteiger partial charge in [0.1, 0.15) is 23.0 Å². The van der Waals surface area contributed by atoms with Gasteiger partial charge in [-0.3, -0.25) is 4.79 Å². The number of aromatic nitrogens is 2. The summed E-state index contributed by atoms with van der Waals surface area (Å²) in [5, 5.41) is 2.75. The summed E-state index contributed by atoms with van der Waals surface area (Å²) in [4.78, 5) is 16.8. The van der Waals surface area contributed by atoms with Gasteiger partial charge in [-0.2, -0.15) is 4.31 Å². The molecule has 0 aliphatic carbocycles. The minimum atomic E-state index is -3.67. The molecular weight excluding hydrogens is 420 g/mol. The van der Waals surface area contributed by atoms with Gasteiger partial charge in [-0.15, -0.1) is 0 Å². The van der Waals surface area contributed by atoms with Gasteiger partial charge in [0, 0.05) is 31.5 Å². The van der Waals surface area contributed by atoms with Crippen LogP contribution in [0.2, 0.25) is 0 Å². The first-order chi connectivity index (χ1) is 14.9. The van der Waals surface area contributed by atoms with E-state index in [2.05, 4.69) is 10.3 Å². The Morgan fingerprint density at radius 3 is 2.77 bits per heavy atom. The van der Waals surface area contributed by atoms with Crippen molar-refractivity contribution >= 4 is 21.6 Å². The van der Waals surface area contributed by atoms with Gasteiger partial charge in [0.15, 0.2) is 5.76 Å². The topological polar surface area (TPSA) is 107 Å². The molecule has 3 aromatic rings. The molecule has 31 heavy (non-hydrogen) atoms. The summed E-state index contributed by atoms with van der Waals surface area (Å²) < 4.78 is 40.3. The minimum Gasteiger partial charge on any atom is -0.490 e. The molecule has 4 rings (SSSR count). The number of anilines is 1. The Bertz CT molecular complexity index is 1150. The maximum absolute atomic E-state index is 12.8. The monoisotopic (exact) mass is 444 g/mol. The highest BCUT2D eigenvalue weighted by atomic mass is 32.2. The second kappa shape index (κ2) is 8.94. The highest BCUT2D eigenvalue weighted by Crippen LogP contribution is 2.28. The molecular formula is C21H24N4O5S. The number of carbonyl (C=O) groups excluding carboxylic acids is 1. The zero-order valence-electron chi connectivity index (χ0n) is 17.2. The molecule has 1 saturated heterocycles. The summed E-state index contributed by atoms with van der Waals surface area (Å²) in [7, 11) is -3.67. The number of amides is 1. The average molecular weight is 445 g/mol. The van der Waals surface area contributed by atoms with E-state index < -0.39 is 15.9 Å². The van der Waals surface area contributed by atoms with E-state index in [1.165, 1.54) is 10.4 Å². The van der Waals surface area contributed by atoms with Gasteiger partial charge in [0.25, 0.3) is 5.91 Å². The van der Waals surface area contributed by atoms with Gasteiger partial charge in [-0.25, -0.2) is 13.4 Å². The fourth-order valence-electron chi connectivity index (χ4n) is 3.46. The van der Waals surface area contributed by atoms with Gasteiger partial charge in [-0.1, -0.05) is 12.1 Å². The van der Waals surface area contributed by atoms with Crippen molar-refractivity contribution in [2.75, 3.05) is 25.0 Å². The van der Waals surface area contributed by atoms with Crippen LogP contribution in [0.25, 0.3) is 0 Å². The van der Waals surface area contributed by atoms with Crippen molar-refractivity contribution in [3.63, 3.8) is 0 Å². The molecule has 1 aliphatic heterocycles. The predicted octanol–water partition coefficient (Wildman–Crippen LogP) is 2.90. The molecule has 1 fully saturated rings. The molecule has 1 N–H and O–H groups in total. The van der Waals surface area contributed by atoms with Crippen molar-refractivity contribution in [2.24, 2.45) is 0 Å². The zero-order valence-corrected chi connectivity index (χ0v) is 18.0. The van der Waals surface area contributed by atoms with Crippen LogP contribution in [0.15, 0.2) is 58.4 Å². The lowest BCUT2D eigenvalue weighted by Gasteiger charge is -2.14. The minimum absolute atomic E-state index is 0.0319. The van der Waals surface area contributed by atoms with Crippen molar-refractivity contribution in [2.45, 2.75) is 31.2 Å². The zero-order chi connectivity index (χ0) is 21.8. The standard InChI is InChI=1S/C21H24N4O5S/c1-16-20(31(27,28)25-9-4-5-10-25)14-19(30-16)21(26)23-17-6-2-3-7-18(17)29-13-12-24-11-8-22-15-24/h2-3,6-8,11,14-15H,4-5,9-10,12-13H2,1H3,(H,23,26). The van der Waals surface area contributed by atoms with Gasteiger partial charge in [0.05, 0.1) is 18.6 Å². The maximum Gasteiger partial charge on any atom is 0.291 e. The molecule has 1 aromatic carbocycles. The summed E-state index contributed by atoms with van der Waals surface area (Å²) in [6.45, 7) is 3.52. The molecule has 0 atom stereocenters. The first-order valence-electron chi connectivity index (χ1n) is 10.0. The van der Waals surface area contributed by atoms with E-state index in [-0.39, 0.29) is 16.4 Å². The number of furan rings is 1. The van der Waals surface area contributed by atoms with Gasteiger partial charge in [-0.05, 0) is 31.9 Å². The SMILES string of the molecule is Cc1oc(C(=O)Nc2ccccc2OCCn2ccnc2)cc1S(=O)(=O)N1CCCC1. The van der Waals surface area contributed by atoms with E-state index >= 15 is 0 Å². The average Bonchev–Trinajstić information content (AvgIpc) is 3.51. The Labute approximate surface area is 180 Å². The molecule has 0 bridgehead atoms. The number of nitrogens with zero attached hydrogens (tertiary/aromatic N) is 3. The number of hydrogen-bond acceptors (Lipinski definition) is 6. The van der Waals surface area contributed by atoms with Crippen LogP contribution in [0.4, 0.5) is 5.69 Å².